The lowest BCUT2D eigenvalue weighted by Gasteiger charge is -2.09. The zero-order valence-corrected chi connectivity index (χ0v) is 12.4. The van der Waals surface area contributed by atoms with Crippen LogP contribution in [0, 0.1) is 5.92 Å². The predicted molar refractivity (Wildman–Crippen MR) is 79.0 cm³/mol. The molecule has 0 saturated heterocycles. The second-order valence-corrected chi connectivity index (χ2v) is 5.90. The number of nitrogens with one attached hydrogen (secondary N) is 1. The maximum Gasteiger partial charge on any atom is 0.126 e. The van der Waals surface area contributed by atoms with E-state index >= 15 is 0 Å². The SMILES string of the molecule is CCCNc1ccc(Cl)c(CSCC(C)C)n1. The zero-order valence-electron chi connectivity index (χ0n) is 10.8. The van der Waals surface area contributed by atoms with Gasteiger partial charge in [0.05, 0.1) is 10.7 Å². The van der Waals surface area contributed by atoms with E-state index in [0.29, 0.717) is 5.92 Å². The number of halogens is 1. The second-order valence-electron chi connectivity index (χ2n) is 4.46. The van der Waals surface area contributed by atoms with E-state index in [0.717, 1.165) is 41.0 Å². The Kier molecular flexibility index (Phi) is 6.75. The first-order chi connectivity index (χ1) is 8.13. The normalized spacial score (nSPS) is 10.9. The average molecular weight is 273 g/mol. The maximum absolute atomic E-state index is 6.14. The third-order valence-electron chi connectivity index (χ3n) is 2.16. The summed E-state index contributed by atoms with van der Waals surface area (Å²) in [6.07, 6.45) is 1.10. The van der Waals surface area contributed by atoms with Crippen molar-refractivity contribution >= 4 is 29.2 Å². The molecule has 1 N–H and O–H groups in total. The minimum Gasteiger partial charge on any atom is -0.370 e. The van der Waals surface area contributed by atoms with Crippen LogP contribution in [-0.2, 0) is 5.75 Å². The van der Waals surface area contributed by atoms with E-state index in [-0.39, 0.29) is 0 Å². The van der Waals surface area contributed by atoms with Gasteiger partial charge in [0, 0.05) is 12.3 Å². The zero-order chi connectivity index (χ0) is 12.7. The summed E-state index contributed by atoms with van der Waals surface area (Å²) in [5, 5.41) is 4.05. The number of pyridine rings is 1. The Balaban J connectivity index is 2.56. The van der Waals surface area contributed by atoms with Crippen LogP contribution in [0.1, 0.15) is 32.9 Å². The molecule has 0 bridgehead atoms. The first-order valence-electron chi connectivity index (χ1n) is 6.10. The van der Waals surface area contributed by atoms with E-state index < -0.39 is 0 Å². The molecule has 0 aliphatic heterocycles. The van der Waals surface area contributed by atoms with Crippen molar-refractivity contribution < 1.29 is 0 Å². The Morgan fingerprint density at radius 2 is 2.18 bits per heavy atom. The molecule has 1 rings (SSSR count). The molecule has 0 amide bonds. The van der Waals surface area contributed by atoms with Gasteiger partial charge in [0.1, 0.15) is 5.82 Å². The smallest absolute Gasteiger partial charge is 0.126 e. The van der Waals surface area contributed by atoms with Crippen LogP contribution in [0.2, 0.25) is 5.02 Å². The number of nitrogens with zero attached hydrogens (tertiary/aromatic N) is 1. The third-order valence-corrected chi connectivity index (χ3v) is 3.89. The molecule has 4 heteroatoms. The van der Waals surface area contributed by atoms with Crippen molar-refractivity contribution in [2.45, 2.75) is 32.9 Å². The number of thioether (sulfide) groups is 1. The molecule has 0 unspecified atom stereocenters. The Labute approximate surface area is 114 Å². The van der Waals surface area contributed by atoms with Crippen LogP contribution < -0.4 is 5.32 Å². The highest BCUT2D eigenvalue weighted by molar-refractivity contribution is 7.98. The standard InChI is InChI=1S/C13H21ClN2S/c1-4-7-15-13-6-5-11(14)12(16-13)9-17-8-10(2)3/h5-6,10H,4,7-9H2,1-3H3,(H,15,16). The molecular weight excluding hydrogens is 252 g/mol. The van der Waals surface area contributed by atoms with Crippen molar-refractivity contribution in [2.75, 3.05) is 17.6 Å². The lowest BCUT2D eigenvalue weighted by atomic mass is 10.3. The highest BCUT2D eigenvalue weighted by Gasteiger charge is 2.05. The maximum atomic E-state index is 6.14. The predicted octanol–water partition coefficient (Wildman–Crippen LogP) is 4.45. The van der Waals surface area contributed by atoms with Crippen molar-refractivity contribution in [3.8, 4) is 0 Å². The van der Waals surface area contributed by atoms with Gasteiger partial charge in [0.25, 0.3) is 0 Å². The van der Waals surface area contributed by atoms with Gasteiger partial charge in [0.2, 0.25) is 0 Å². The Hall–Kier alpha value is -0.410. The van der Waals surface area contributed by atoms with Crippen molar-refractivity contribution in [1.82, 2.24) is 4.98 Å². The molecule has 0 aromatic carbocycles. The van der Waals surface area contributed by atoms with Gasteiger partial charge in [-0.05, 0) is 30.2 Å². The van der Waals surface area contributed by atoms with E-state index in [2.05, 4.69) is 31.1 Å². The van der Waals surface area contributed by atoms with Crippen LogP contribution in [0.25, 0.3) is 0 Å². The molecular formula is C13H21ClN2S. The Morgan fingerprint density at radius 1 is 1.41 bits per heavy atom. The van der Waals surface area contributed by atoms with Crippen molar-refractivity contribution in [3.63, 3.8) is 0 Å². The van der Waals surface area contributed by atoms with Crippen LogP contribution in [0.5, 0.6) is 0 Å². The minimum atomic E-state index is 0.708. The topological polar surface area (TPSA) is 24.9 Å². The summed E-state index contributed by atoms with van der Waals surface area (Å²) >= 11 is 8.03. The van der Waals surface area contributed by atoms with E-state index in [1.807, 2.05) is 23.9 Å². The number of aromatic nitrogens is 1. The van der Waals surface area contributed by atoms with E-state index in [1.165, 1.54) is 0 Å². The van der Waals surface area contributed by atoms with Gasteiger partial charge in [-0.1, -0.05) is 32.4 Å². The molecule has 0 atom stereocenters. The molecule has 17 heavy (non-hydrogen) atoms. The monoisotopic (exact) mass is 272 g/mol. The number of anilines is 1. The summed E-state index contributed by atoms with van der Waals surface area (Å²) in [7, 11) is 0. The summed E-state index contributed by atoms with van der Waals surface area (Å²) < 4.78 is 0. The van der Waals surface area contributed by atoms with E-state index in [9.17, 15) is 0 Å². The fraction of sp³-hybridized carbons (Fsp3) is 0.615. The van der Waals surface area contributed by atoms with Crippen molar-refractivity contribution in [2.24, 2.45) is 5.92 Å². The van der Waals surface area contributed by atoms with E-state index in [1.54, 1.807) is 0 Å². The van der Waals surface area contributed by atoms with E-state index in [4.69, 9.17) is 11.6 Å². The van der Waals surface area contributed by atoms with Crippen LogP contribution in [-0.4, -0.2) is 17.3 Å². The van der Waals surface area contributed by atoms with Gasteiger partial charge in [-0.15, -0.1) is 0 Å². The molecule has 0 aliphatic carbocycles. The summed E-state index contributed by atoms with van der Waals surface area (Å²) in [5.41, 5.74) is 0.985. The Morgan fingerprint density at radius 3 is 2.82 bits per heavy atom. The molecule has 0 aliphatic rings. The molecule has 0 saturated carbocycles. The first kappa shape index (κ1) is 14.7. The molecule has 96 valence electrons. The highest BCUT2D eigenvalue weighted by Crippen LogP contribution is 2.22. The van der Waals surface area contributed by atoms with Gasteiger partial charge in [0.15, 0.2) is 0 Å². The second kappa shape index (κ2) is 7.83. The van der Waals surface area contributed by atoms with Crippen molar-refractivity contribution in [1.29, 1.82) is 0 Å². The molecule has 0 fully saturated rings. The fourth-order valence-corrected chi connectivity index (χ4v) is 2.58. The summed E-state index contributed by atoms with van der Waals surface area (Å²) in [4.78, 5) is 4.54. The van der Waals surface area contributed by atoms with Crippen LogP contribution in [0.3, 0.4) is 0 Å². The van der Waals surface area contributed by atoms with Crippen LogP contribution >= 0.6 is 23.4 Å². The number of hydrogen-bond acceptors (Lipinski definition) is 3. The number of hydrogen-bond donors (Lipinski definition) is 1. The minimum absolute atomic E-state index is 0.708. The van der Waals surface area contributed by atoms with Gasteiger partial charge in [-0.3, -0.25) is 0 Å². The molecule has 0 spiro atoms. The van der Waals surface area contributed by atoms with Gasteiger partial charge >= 0.3 is 0 Å². The summed E-state index contributed by atoms with van der Waals surface area (Å²) in [5.74, 6) is 3.67. The third kappa shape index (κ3) is 5.64. The molecule has 2 nitrogen and oxygen atoms in total. The average Bonchev–Trinajstić information content (AvgIpc) is 2.29. The van der Waals surface area contributed by atoms with Crippen LogP contribution in [0.15, 0.2) is 12.1 Å². The van der Waals surface area contributed by atoms with Crippen molar-refractivity contribution in [3.05, 3.63) is 22.8 Å². The molecule has 1 heterocycles. The Bertz CT molecular complexity index is 342. The lowest BCUT2D eigenvalue weighted by Crippen LogP contribution is -2.03. The molecule has 1 aromatic rings. The number of rotatable bonds is 7. The van der Waals surface area contributed by atoms with Crippen LogP contribution in [0.4, 0.5) is 5.82 Å². The highest BCUT2D eigenvalue weighted by atomic mass is 35.5. The van der Waals surface area contributed by atoms with Gasteiger partial charge in [-0.2, -0.15) is 11.8 Å². The summed E-state index contributed by atoms with van der Waals surface area (Å²) in [6.45, 7) is 7.54. The summed E-state index contributed by atoms with van der Waals surface area (Å²) in [6, 6.07) is 3.87. The first-order valence-corrected chi connectivity index (χ1v) is 7.63. The largest absolute Gasteiger partial charge is 0.370 e. The quantitative estimate of drug-likeness (QED) is 0.794. The van der Waals surface area contributed by atoms with Gasteiger partial charge < -0.3 is 5.32 Å². The molecule has 0 radical (unpaired) electrons. The van der Waals surface area contributed by atoms with Gasteiger partial charge in [-0.25, -0.2) is 4.98 Å². The fourth-order valence-electron chi connectivity index (χ4n) is 1.33. The lowest BCUT2D eigenvalue weighted by molar-refractivity contribution is 0.750. The molecule has 1 aromatic heterocycles.